The first-order valence-corrected chi connectivity index (χ1v) is 6.59. The third-order valence-electron chi connectivity index (χ3n) is 3.75. The number of hydrogen-bond acceptors (Lipinski definition) is 3. The lowest BCUT2D eigenvalue weighted by Gasteiger charge is -2.42. The van der Waals surface area contributed by atoms with Crippen LogP contribution in [-0.2, 0) is 9.53 Å². The Bertz CT molecular complexity index is 302. The number of carbonyl (C=O) groups excluding carboxylic acids is 1. The minimum Gasteiger partial charge on any atom is -0.375 e. The molecule has 0 aromatic heterocycles. The molecule has 2 saturated heterocycles. The molecule has 1 N–H and O–H groups in total. The summed E-state index contributed by atoms with van der Waals surface area (Å²) in [4.78, 5) is 14.1. The minimum absolute atomic E-state index is 0.104. The van der Waals surface area contributed by atoms with Crippen LogP contribution in [0.4, 0.5) is 0 Å². The quantitative estimate of drug-likeness (QED) is 0.792. The maximum atomic E-state index is 12.0. The van der Waals surface area contributed by atoms with Crippen LogP contribution in [-0.4, -0.2) is 41.8 Å². The molecule has 0 bridgehead atoms. The first-order valence-electron chi connectivity index (χ1n) is 6.59. The molecule has 2 heterocycles. The van der Waals surface area contributed by atoms with E-state index in [2.05, 4.69) is 37.9 Å². The van der Waals surface area contributed by atoms with Crippen molar-refractivity contribution in [2.75, 3.05) is 13.2 Å². The minimum atomic E-state index is -0.104. The van der Waals surface area contributed by atoms with Crippen molar-refractivity contribution in [1.82, 2.24) is 10.2 Å². The zero-order valence-corrected chi connectivity index (χ0v) is 11.3. The van der Waals surface area contributed by atoms with Crippen molar-refractivity contribution in [1.29, 1.82) is 0 Å². The molecular weight excluding hydrogens is 216 g/mol. The number of amides is 1. The predicted octanol–water partition coefficient (Wildman–Crippen LogP) is 1.36. The molecule has 0 aromatic rings. The summed E-state index contributed by atoms with van der Waals surface area (Å²) in [6.45, 7) is 9.78. The zero-order valence-electron chi connectivity index (χ0n) is 11.3. The molecule has 17 heavy (non-hydrogen) atoms. The summed E-state index contributed by atoms with van der Waals surface area (Å²) in [6, 6.07) is 0.327. The summed E-state index contributed by atoms with van der Waals surface area (Å²) in [5, 5.41) is 3.32. The third-order valence-corrected chi connectivity index (χ3v) is 3.75. The van der Waals surface area contributed by atoms with E-state index in [1.165, 1.54) is 0 Å². The van der Waals surface area contributed by atoms with Crippen LogP contribution in [0.5, 0.6) is 0 Å². The van der Waals surface area contributed by atoms with E-state index < -0.39 is 0 Å². The molecule has 0 aliphatic carbocycles. The fourth-order valence-electron chi connectivity index (χ4n) is 2.96. The lowest BCUT2D eigenvalue weighted by molar-refractivity contribution is -0.138. The first kappa shape index (κ1) is 12.8. The molecule has 98 valence electrons. The van der Waals surface area contributed by atoms with E-state index in [1.54, 1.807) is 0 Å². The van der Waals surface area contributed by atoms with Crippen molar-refractivity contribution < 1.29 is 9.53 Å². The van der Waals surface area contributed by atoms with Gasteiger partial charge in [0, 0.05) is 12.6 Å². The number of nitrogens with zero attached hydrogens (tertiary/aromatic N) is 1. The van der Waals surface area contributed by atoms with E-state index in [9.17, 15) is 4.79 Å². The van der Waals surface area contributed by atoms with Crippen LogP contribution in [0.25, 0.3) is 0 Å². The van der Waals surface area contributed by atoms with Crippen molar-refractivity contribution in [2.45, 2.75) is 58.3 Å². The second kappa shape index (κ2) is 4.58. The Morgan fingerprint density at radius 1 is 1.47 bits per heavy atom. The molecule has 2 unspecified atom stereocenters. The Morgan fingerprint density at radius 2 is 2.18 bits per heavy atom. The fraction of sp³-hybridized carbons (Fsp3) is 0.923. The van der Waals surface area contributed by atoms with E-state index in [0.717, 1.165) is 19.4 Å². The van der Waals surface area contributed by atoms with Gasteiger partial charge in [0.25, 0.3) is 0 Å². The monoisotopic (exact) mass is 240 g/mol. The van der Waals surface area contributed by atoms with Crippen LogP contribution < -0.4 is 5.32 Å². The lowest BCUT2D eigenvalue weighted by Crippen LogP contribution is -2.52. The van der Waals surface area contributed by atoms with Crippen LogP contribution in [0.1, 0.15) is 40.5 Å². The number of hydrogen-bond donors (Lipinski definition) is 1. The SMILES string of the molecule is CC(C)C1NCC(=O)N1C1CCOC(C)(C)C1. The smallest absolute Gasteiger partial charge is 0.238 e. The second-order valence-electron chi connectivity index (χ2n) is 6.13. The second-order valence-corrected chi connectivity index (χ2v) is 6.13. The van der Waals surface area contributed by atoms with E-state index in [1.807, 2.05) is 0 Å². The van der Waals surface area contributed by atoms with Gasteiger partial charge in [0.15, 0.2) is 0 Å². The lowest BCUT2D eigenvalue weighted by atomic mass is 9.92. The van der Waals surface area contributed by atoms with Crippen molar-refractivity contribution in [3.63, 3.8) is 0 Å². The number of carbonyl (C=O) groups is 1. The average molecular weight is 240 g/mol. The normalized spacial score (nSPS) is 33.5. The summed E-state index contributed by atoms with van der Waals surface area (Å²) in [5.74, 6) is 0.693. The van der Waals surface area contributed by atoms with Gasteiger partial charge in [-0.3, -0.25) is 10.1 Å². The van der Waals surface area contributed by atoms with Crippen LogP contribution in [0.15, 0.2) is 0 Å². The van der Waals surface area contributed by atoms with Gasteiger partial charge in [-0.1, -0.05) is 13.8 Å². The Balaban J connectivity index is 2.11. The summed E-state index contributed by atoms with van der Waals surface area (Å²) in [6.07, 6.45) is 2.09. The largest absolute Gasteiger partial charge is 0.375 e. The third kappa shape index (κ3) is 2.63. The molecule has 2 fully saturated rings. The summed E-state index contributed by atoms with van der Waals surface area (Å²) < 4.78 is 5.73. The first-order chi connectivity index (χ1) is 7.91. The molecule has 0 saturated carbocycles. The topological polar surface area (TPSA) is 41.6 Å². The molecule has 0 spiro atoms. The molecule has 2 rings (SSSR count). The van der Waals surface area contributed by atoms with Crippen molar-refractivity contribution in [3.8, 4) is 0 Å². The van der Waals surface area contributed by atoms with E-state index >= 15 is 0 Å². The van der Waals surface area contributed by atoms with Crippen LogP contribution in [0.3, 0.4) is 0 Å². The highest BCUT2D eigenvalue weighted by Crippen LogP contribution is 2.30. The molecule has 1 amide bonds. The average Bonchev–Trinajstić information content (AvgIpc) is 2.58. The summed E-state index contributed by atoms with van der Waals surface area (Å²) in [7, 11) is 0. The standard InChI is InChI=1S/C13H24N2O2/c1-9(2)12-14-8-11(16)15(12)10-5-6-17-13(3,4)7-10/h9-10,12,14H,5-8H2,1-4H3. The number of nitrogens with one attached hydrogen (secondary N) is 1. The van der Waals surface area contributed by atoms with Gasteiger partial charge < -0.3 is 9.64 Å². The highest BCUT2D eigenvalue weighted by atomic mass is 16.5. The van der Waals surface area contributed by atoms with Gasteiger partial charge in [-0.2, -0.15) is 0 Å². The van der Waals surface area contributed by atoms with Crippen LogP contribution in [0.2, 0.25) is 0 Å². The van der Waals surface area contributed by atoms with Gasteiger partial charge in [-0.15, -0.1) is 0 Å². The molecule has 0 radical (unpaired) electrons. The Kier molecular flexibility index (Phi) is 3.46. The van der Waals surface area contributed by atoms with Gasteiger partial charge in [-0.05, 0) is 32.6 Å². The fourth-order valence-corrected chi connectivity index (χ4v) is 2.96. The Morgan fingerprint density at radius 3 is 2.76 bits per heavy atom. The molecule has 2 aliphatic rings. The van der Waals surface area contributed by atoms with Gasteiger partial charge in [0.05, 0.1) is 18.3 Å². The molecule has 4 heteroatoms. The number of ether oxygens (including phenoxy) is 1. The van der Waals surface area contributed by atoms with E-state index in [4.69, 9.17) is 4.74 Å². The van der Waals surface area contributed by atoms with Gasteiger partial charge >= 0.3 is 0 Å². The van der Waals surface area contributed by atoms with Crippen molar-refractivity contribution in [3.05, 3.63) is 0 Å². The summed E-state index contributed by atoms with van der Waals surface area (Å²) in [5.41, 5.74) is -0.104. The molecule has 4 nitrogen and oxygen atoms in total. The molecule has 0 aromatic carbocycles. The van der Waals surface area contributed by atoms with Gasteiger partial charge in [0.2, 0.25) is 5.91 Å². The number of rotatable bonds is 2. The van der Waals surface area contributed by atoms with E-state index in [-0.39, 0.29) is 17.7 Å². The Hall–Kier alpha value is -0.610. The molecule has 2 aliphatic heterocycles. The molecular formula is C13H24N2O2. The predicted molar refractivity (Wildman–Crippen MR) is 66.5 cm³/mol. The van der Waals surface area contributed by atoms with Gasteiger partial charge in [0.1, 0.15) is 0 Å². The van der Waals surface area contributed by atoms with Gasteiger partial charge in [-0.25, -0.2) is 0 Å². The van der Waals surface area contributed by atoms with Crippen LogP contribution in [0, 0.1) is 5.92 Å². The highest BCUT2D eigenvalue weighted by Gasteiger charge is 2.41. The summed E-state index contributed by atoms with van der Waals surface area (Å²) >= 11 is 0. The molecule has 2 atom stereocenters. The maximum Gasteiger partial charge on any atom is 0.238 e. The highest BCUT2D eigenvalue weighted by molar-refractivity contribution is 5.81. The van der Waals surface area contributed by atoms with Crippen molar-refractivity contribution in [2.24, 2.45) is 5.92 Å². The van der Waals surface area contributed by atoms with Crippen LogP contribution >= 0.6 is 0 Å². The zero-order chi connectivity index (χ0) is 12.6. The maximum absolute atomic E-state index is 12.0. The van der Waals surface area contributed by atoms with E-state index in [0.29, 0.717) is 18.5 Å². The Labute approximate surface area is 104 Å². The van der Waals surface area contributed by atoms with Crippen molar-refractivity contribution >= 4 is 5.91 Å².